The van der Waals surface area contributed by atoms with E-state index in [-0.39, 0.29) is 19.0 Å². The van der Waals surface area contributed by atoms with Gasteiger partial charge in [0.05, 0.1) is 6.54 Å². The number of carboxylic acid groups (broad SMARTS) is 1. The largest absolute Gasteiger partial charge is 0.480 e. The van der Waals surface area contributed by atoms with E-state index in [4.69, 9.17) is 5.11 Å². The Kier molecular flexibility index (Phi) is 5.04. The second kappa shape index (κ2) is 6.53. The van der Waals surface area contributed by atoms with Crippen LogP contribution in [-0.2, 0) is 9.59 Å². The molecule has 0 saturated carbocycles. The van der Waals surface area contributed by atoms with Gasteiger partial charge >= 0.3 is 5.97 Å². The van der Waals surface area contributed by atoms with Crippen LogP contribution in [0.1, 0.15) is 6.92 Å². The van der Waals surface area contributed by atoms with Crippen LogP contribution >= 0.6 is 0 Å². The smallest absolute Gasteiger partial charge is 0.323 e. The van der Waals surface area contributed by atoms with Crippen molar-refractivity contribution >= 4 is 17.8 Å². The Morgan fingerprint density at radius 1 is 1.28 bits per heavy atom. The number of hydrogen-bond donors (Lipinski definition) is 1. The summed E-state index contributed by atoms with van der Waals surface area (Å²) in [6.45, 7) is 1.85. The summed E-state index contributed by atoms with van der Waals surface area (Å²) in [5.74, 6) is -0.865. The molecule has 98 valence electrons. The van der Waals surface area contributed by atoms with Crippen molar-refractivity contribution in [3.8, 4) is 0 Å². The lowest BCUT2D eigenvalue weighted by molar-refractivity contribution is -0.143. The van der Waals surface area contributed by atoms with E-state index in [9.17, 15) is 9.59 Å². The summed E-state index contributed by atoms with van der Waals surface area (Å²) in [7, 11) is 1.68. The molecule has 1 heterocycles. The molecule has 0 bridgehead atoms. The molecule has 1 N–H and O–H groups in total. The zero-order valence-electron chi connectivity index (χ0n) is 10.4. The number of rotatable bonds is 6. The van der Waals surface area contributed by atoms with Crippen LogP contribution in [-0.4, -0.2) is 58.5 Å². The molecule has 0 radical (unpaired) electrons. The first kappa shape index (κ1) is 13.9. The molecule has 0 aliphatic rings. The van der Waals surface area contributed by atoms with Crippen LogP contribution in [0.2, 0.25) is 0 Å². The highest BCUT2D eigenvalue weighted by Crippen LogP contribution is 2.02. The molecule has 0 aromatic carbocycles. The SMILES string of the molecule is CCN(CC(=O)O)C(=O)CN(C)c1ncccn1. The molecule has 1 aromatic heterocycles. The number of nitrogens with zero attached hydrogens (tertiary/aromatic N) is 4. The number of hydrogen-bond acceptors (Lipinski definition) is 5. The predicted molar refractivity (Wildman–Crippen MR) is 65.2 cm³/mol. The highest BCUT2D eigenvalue weighted by atomic mass is 16.4. The Labute approximate surface area is 105 Å². The standard InChI is InChI=1S/C11H16N4O3/c1-3-15(8-10(17)18)9(16)7-14(2)11-12-5-4-6-13-11/h4-6H,3,7-8H2,1-2H3,(H,17,18). The van der Waals surface area contributed by atoms with E-state index in [0.29, 0.717) is 12.5 Å². The third-order valence-electron chi connectivity index (χ3n) is 2.33. The minimum Gasteiger partial charge on any atom is -0.480 e. The van der Waals surface area contributed by atoms with Gasteiger partial charge in [-0.15, -0.1) is 0 Å². The van der Waals surface area contributed by atoms with Gasteiger partial charge in [-0.2, -0.15) is 0 Å². The van der Waals surface area contributed by atoms with E-state index >= 15 is 0 Å². The average molecular weight is 252 g/mol. The molecule has 0 atom stereocenters. The van der Waals surface area contributed by atoms with Gasteiger partial charge in [-0.3, -0.25) is 9.59 Å². The molecule has 1 rings (SSSR count). The normalized spacial score (nSPS) is 9.89. The van der Waals surface area contributed by atoms with Crippen LogP contribution in [0, 0.1) is 0 Å². The number of carbonyl (C=O) groups is 2. The summed E-state index contributed by atoms with van der Waals surface area (Å²) in [6, 6.07) is 1.68. The molecular weight excluding hydrogens is 236 g/mol. The molecule has 1 amide bonds. The van der Waals surface area contributed by atoms with Crippen LogP contribution in [0.25, 0.3) is 0 Å². The first-order valence-electron chi connectivity index (χ1n) is 5.52. The molecule has 0 saturated heterocycles. The lowest BCUT2D eigenvalue weighted by Crippen LogP contribution is -2.41. The quantitative estimate of drug-likeness (QED) is 0.757. The molecule has 1 aromatic rings. The van der Waals surface area contributed by atoms with Gasteiger partial charge in [-0.05, 0) is 13.0 Å². The second-order valence-corrected chi connectivity index (χ2v) is 3.71. The van der Waals surface area contributed by atoms with Gasteiger partial charge in [-0.25, -0.2) is 9.97 Å². The van der Waals surface area contributed by atoms with Crippen LogP contribution in [0.3, 0.4) is 0 Å². The lowest BCUT2D eigenvalue weighted by atomic mass is 10.4. The van der Waals surface area contributed by atoms with Crippen LogP contribution in [0.5, 0.6) is 0 Å². The Morgan fingerprint density at radius 2 is 1.89 bits per heavy atom. The minimum atomic E-state index is -1.02. The Balaban J connectivity index is 2.60. The Morgan fingerprint density at radius 3 is 2.39 bits per heavy atom. The molecule has 0 fully saturated rings. The number of carbonyl (C=O) groups excluding carboxylic acids is 1. The number of likely N-dealkylation sites (N-methyl/N-ethyl adjacent to an activating group) is 2. The molecule has 0 spiro atoms. The van der Waals surface area contributed by atoms with Gasteiger partial charge in [0.15, 0.2) is 0 Å². The van der Waals surface area contributed by atoms with Crippen LogP contribution in [0.4, 0.5) is 5.95 Å². The van der Waals surface area contributed by atoms with Gasteiger partial charge in [0, 0.05) is 26.0 Å². The third-order valence-corrected chi connectivity index (χ3v) is 2.33. The van der Waals surface area contributed by atoms with E-state index in [1.165, 1.54) is 4.90 Å². The van der Waals surface area contributed by atoms with Gasteiger partial charge in [0.2, 0.25) is 11.9 Å². The predicted octanol–water partition coefficient (Wildman–Crippen LogP) is -0.154. The van der Waals surface area contributed by atoms with Crippen molar-refractivity contribution in [3.05, 3.63) is 18.5 Å². The van der Waals surface area contributed by atoms with Crippen molar-refractivity contribution in [1.82, 2.24) is 14.9 Å². The Bertz CT molecular complexity index is 410. The number of aliphatic carboxylic acids is 1. The molecule has 0 unspecified atom stereocenters. The van der Waals surface area contributed by atoms with E-state index in [0.717, 1.165) is 0 Å². The van der Waals surface area contributed by atoms with Crippen LogP contribution < -0.4 is 4.90 Å². The number of aromatic nitrogens is 2. The average Bonchev–Trinajstić information content (AvgIpc) is 2.36. The first-order chi connectivity index (χ1) is 8.54. The first-order valence-corrected chi connectivity index (χ1v) is 5.52. The fourth-order valence-electron chi connectivity index (χ4n) is 1.40. The van der Waals surface area contributed by atoms with E-state index in [1.807, 2.05) is 0 Å². The van der Waals surface area contributed by atoms with E-state index < -0.39 is 5.97 Å². The summed E-state index contributed by atoms with van der Waals surface area (Å²) in [4.78, 5) is 33.3. The van der Waals surface area contributed by atoms with Crippen molar-refractivity contribution in [2.75, 3.05) is 31.6 Å². The monoisotopic (exact) mass is 252 g/mol. The minimum absolute atomic E-state index is 0.0468. The fourth-order valence-corrected chi connectivity index (χ4v) is 1.40. The Hall–Kier alpha value is -2.18. The number of carboxylic acids is 1. The molecule has 0 aliphatic carbocycles. The van der Waals surface area contributed by atoms with Crippen molar-refractivity contribution in [2.45, 2.75) is 6.92 Å². The number of amides is 1. The van der Waals surface area contributed by atoms with Gasteiger partial charge in [-0.1, -0.05) is 0 Å². The molecule has 7 heteroatoms. The zero-order chi connectivity index (χ0) is 13.5. The molecule has 18 heavy (non-hydrogen) atoms. The summed E-state index contributed by atoms with van der Waals surface area (Å²) >= 11 is 0. The van der Waals surface area contributed by atoms with E-state index in [1.54, 1.807) is 37.3 Å². The zero-order valence-corrected chi connectivity index (χ0v) is 10.4. The van der Waals surface area contributed by atoms with Crippen molar-refractivity contribution < 1.29 is 14.7 Å². The maximum atomic E-state index is 11.9. The fraction of sp³-hybridized carbons (Fsp3) is 0.455. The van der Waals surface area contributed by atoms with Gasteiger partial charge in [0.1, 0.15) is 6.54 Å². The molecular formula is C11H16N4O3. The molecule has 0 aliphatic heterocycles. The maximum absolute atomic E-state index is 11.9. The summed E-state index contributed by atoms with van der Waals surface area (Å²) in [5.41, 5.74) is 0. The number of anilines is 1. The highest BCUT2D eigenvalue weighted by molar-refractivity contribution is 5.84. The summed E-state index contributed by atoms with van der Waals surface area (Å²) < 4.78 is 0. The maximum Gasteiger partial charge on any atom is 0.323 e. The highest BCUT2D eigenvalue weighted by Gasteiger charge is 2.17. The molecule has 7 nitrogen and oxygen atoms in total. The third kappa shape index (κ3) is 4.00. The van der Waals surface area contributed by atoms with Gasteiger partial charge < -0.3 is 14.9 Å². The summed E-state index contributed by atoms with van der Waals surface area (Å²) in [5, 5.41) is 8.68. The second-order valence-electron chi connectivity index (χ2n) is 3.71. The van der Waals surface area contributed by atoms with Gasteiger partial charge in [0.25, 0.3) is 0 Å². The van der Waals surface area contributed by atoms with Crippen molar-refractivity contribution in [3.63, 3.8) is 0 Å². The van der Waals surface area contributed by atoms with Crippen molar-refractivity contribution in [1.29, 1.82) is 0 Å². The lowest BCUT2D eigenvalue weighted by Gasteiger charge is -2.22. The topological polar surface area (TPSA) is 86.6 Å². The van der Waals surface area contributed by atoms with Crippen molar-refractivity contribution in [2.24, 2.45) is 0 Å². The summed E-state index contributed by atoms with van der Waals surface area (Å²) in [6.07, 6.45) is 3.16. The van der Waals surface area contributed by atoms with Crippen LogP contribution in [0.15, 0.2) is 18.5 Å². The van der Waals surface area contributed by atoms with E-state index in [2.05, 4.69) is 9.97 Å².